The van der Waals surface area contributed by atoms with Gasteiger partial charge in [0.25, 0.3) is 0 Å². The fraction of sp³-hybridized carbons (Fsp3) is 0.792. The van der Waals surface area contributed by atoms with E-state index in [-0.39, 0.29) is 35.8 Å². The van der Waals surface area contributed by atoms with Gasteiger partial charge in [0.15, 0.2) is 5.69 Å². The first-order valence-electron chi connectivity index (χ1n) is 12.4. The maximum atomic E-state index is 13.8. The summed E-state index contributed by atoms with van der Waals surface area (Å²) in [5.41, 5.74) is -1.44. The van der Waals surface area contributed by atoms with Crippen molar-refractivity contribution in [2.24, 2.45) is 11.3 Å². The Balaban J connectivity index is 1.38. The first-order chi connectivity index (χ1) is 16.6. The van der Waals surface area contributed by atoms with E-state index in [1.165, 1.54) is 6.20 Å². The number of hydrogen-bond donors (Lipinski definition) is 1. The third kappa shape index (κ3) is 5.56. The largest absolute Gasteiger partial charge is 0.434 e. The van der Waals surface area contributed by atoms with E-state index in [1.54, 1.807) is 12.0 Å². The van der Waals surface area contributed by atoms with Crippen LogP contribution >= 0.6 is 0 Å². The molecule has 1 aromatic rings. The summed E-state index contributed by atoms with van der Waals surface area (Å²) in [7, 11) is 1.70. The summed E-state index contributed by atoms with van der Waals surface area (Å²) in [6.45, 7) is 7.27. The monoisotopic (exact) mass is 499 g/mol. The average Bonchev–Trinajstić information content (AvgIpc) is 3.29. The quantitative estimate of drug-likeness (QED) is 0.645. The van der Waals surface area contributed by atoms with Gasteiger partial charge in [-0.3, -0.25) is 9.78 Å². The van der Waals surface area contributed by atoms with Crippen molar-refractivity contribution in [2.75, 3.05) is 51.4 Å². The molecular formula is C24H36F3N5O3. The van der Waals surface area contributed by atoms with E-state index in [0.29, 0.717) is 39.4 Å². The standard InChI is InChI=1S/C24H36F3N5O3/c1-16(2)23(6-4-17(12-23)29-18-5-11-35-15-19(18)34-3)22(33)32-9-7-31(8-10-32)21-14-28-13-20(30-21)24(25,26)27/h13-14,16-19,29H,4-12,15H2,1-3H3/t17-,18+,19-,23+/m1/s1. The van der Waals surface area contributed by atoms with Gasteiger partial charge in [0.1, 0.15) is 5.82 Å². The van der Waals surface area contributed by atoms with Gasteiger partial charge in [-0.15, -0.1) is 0 Å². The molecule has 0 spiro atoms. The summed E-state index contributed by atoms with van der Waals surface area (Å²) in [5, 5.41) is 3.74. The van der Waals surface area contributed by atoms with Crippen molar-refractivity contribution in [3.63, 3.8) is 0 Å². The summed E-state index contributed by atoms with van der Waals surface area (Å²) >= 11 is 0. The number of hydrogen-bond acceptors (Lipinski definition) is 7. The van der Waals surface area contributed by atoms with E-state index in [4.69, 9.17) is 9.47 Å². The van der Waals surface area contributed by atoms with Crippen LogP contribution in [-0.4, -0.2) is 85.5 Å². The predicted molar refractivity (Wildman–Crippen MR) is 124 cm³/mol. The van der Waals surface area contributed by atoms with Crippen molar-refractivity contribution >= 4 is 11.7 Å². The van der Waals surface area contributed by atoms with Gasteiger partial charge in [-0.2, -0.15) is 13.2 Å². The van der Waals surface area contributed by atoms with E-state index in [0.717, 1.165) is 31.9 Å². The molecule has 2 saturated heterocycles. The number of carbonyl (C=O) groups excluding carboxylic acids is 1. The number of aromatic nitrogens is 2. The molecule has 0 bridgehead atoms. The first-order valence-corrected chi connectivity index (χ1v) is 12.4. The van der Waals surface area contributed by atoms with Crippen molar-refractivity contribution in [2.45, 2.75) is 63.9 Å². The van der Waals surface area contributed by atoms with Gasteiger partial charge in [-0.25, -0.2) is 4.98 Å². The third-order valence-electron chi connectivity index (χ3n) is 7.94. The molecule has 1 saturated carbocycles. The minimum absolute atomic E-state index is 0.0144. The molecule has 8 nitrogen and oxygen atoms in total. The van der Waals surface area contributed by atoms with E-state index in [2.05, 4.69) is 29.1 Å². The summed E-state index contributed by atoms with van der Waals surface area (Å²) < 4.78 is 50.2. The van der Waals surface area contributed by atoms with E-state index >= 15 is 0 Å². The zero-order chi connectivity index (χ0) is 25.2. The van der Waals surface area contributed by atoms with Crippen LogP contribution < -0.4 is 10.2 Å². The maximum Gasteiger partial charge on any atom is 0.434 e. The lowest BCUT2D eigenvalue weighted by Gasteiger charge is -2.42. The van der Waals surface area contributed by atoms with Crippen LogP contribution in [0.1, 0.15) is 45.2 Å². The van der Waals surface area contributed by atoms with Gasteiger partial charge in [-0.1, -0.05) is 13.8 Å². The van der Waals surface area contributed by atoms with Crippen molar-refractivity contribution in [1.29, 1.82) is 0 Å². The summed E-state index contributed by atoms with van der Waals surface area (Å²) in [6.07, 6.45) is 0.966. The number of nitrogens with one attached hydrogen (secondary N) is 1. The Morgan fingerprint density at radius 1 is 1.23 bits per heavy atom. The average molecular weight is 500 g/mol. The Bertz CT molecular complexity index is 878. The van der Waals surface area contributed by atoms with Crippen LogP contribution in [0.4, 0.5) is 19.0 Å². The van der Waals surface area contributed by atoms with Gasteiger partial charge in [-0.05, 0) is 31.6 Å². The van der Waals surface area contributed by atoms with E-state index < -0.39 is 17.3 Å². The number of methoxy groups -OCH3 is 1. The Kier molecular flexibility index (Phi) is 7.87. The van der Waals surface area contributed by atoms with Gasteiger partial charge >= 0.3 is 6.18 Å². The van der Waals surface area contributed by atoms with Gasteiger partial charge in [0.05, 0.1) is 30.5 Å². The fourth-order valence-corrected chi connectivity index (χ4v) is 5.72. The molecule has 4 rings (SSSR count). The van der Waals surface area contributed by atoms with Gasteiger partial charge in [0.2, 0.25) is 5.91 Å². The van der Waals surface area contributed by atoms with Crippen molar-refractivity contribution in [1.82, 2.24) is 20.2 Å². The highest BCUT2D eigenvalue weighted by molar-refractivity contribution is 5.83. The molecule has 1 amide bonds. The van der Waals surface area contributed by atoms with Crippen molar-refractivity contribution in [3.8, 4) is 0 Å². The molecule has 1 aliphatic carbocycles. The molecule has 4 atom stereocenters. The number of anilines is 1. The Morgan fingerprint density at radius 3 is 2.63 bits per heavy atom. The Morgan fingerprint density at radius 2 is 1.97 bits per heavy atom. The Hall–Kier alpha value is -1.98. The SMILES string of the molecule is CO[C@@H]1COCC[C@@H]1N[C@@H]1CC[C@@](C(=O)N2CCN(c3cncc(C(F)(F)F)n3)CC2)(C(C)C)C1. The highest BCUT2D eigenvalue weighted by atomic mass is 19.4. The maximum absolute atomic E-state index is 13.8. The number of piperazine rings is 1. The minimum atomic E-state index is -4.54. The van der Waals surface area contributed by atoms with Crippen LogP contribution in [0.2, 0.25) is 0 Å². The lowest BCUT2D eigenvalue weighted by molar-refractivity contribution is -0.145. The van der Waals surface area contributed by atoms with Crippen LogP contribution in [-0.2, 0) is 20.4 Å². The highest BCUT2D eigenvalue weighted by Crippen LogP contribution is 2.46. The smallest absolute Gasteiger partial charge is 0.379 e. The second-order valence-corrected chi connectivity index (χ2v) is 10.2. The molecule has 0 aromatic carbocycles. The second-order valence-electron chi connectivity index (χ2n) is 10.2. The zero-order valence-electron chi connectivity index (χ0n) is 20.7. The second kappa shape index (κ2) is 10.6. The number of nitrogens with zero attached hydrogens (tertiary/aromatic N) is 4. The van der Waals surface area contributed by atoms with Gasteiger partial charge in [0, 0.05) is 52.0 Å². The van der Waals surface area contributed by atoms with Crippen molar-refractivity contribution in [3.05, 3.63) is 18.1 Å². The summed E-state index contributed by atoms with van der Waals surface area (Å²) in [6, 6.07) is 0.456. The fourth-order valence-electron chi connectivity index (χ4n) is 5.72. The molecule has 0 radical (unpaired) electrons. The van der Waals surface area contributed by atoms with E-state index in [9.17, 15) is 18.0 Å². The Labute approximate surface area is 204 Å². The molecule has 0 unspecified atom stereocenters. The van der Waals surface area contributed by atoms with Gasteiger partial charge < -0.3 is 24.6 Å². The number of carbonyl (C=O) groups is 1. The lowest BCUT2D eigenvalue weighted by Crippen LogP contribution is -2.55. The first kappa shape index (κ1) is 26.1. The molecular weight excluding hydrogens is 463 g/mol. The number of halogens is 3. The minimum Gasteiger partial charge on any atom is -0.379 e. The molecule has 11 heteroatoms. The summed E-state index contributed by atoms with van der Waals surface area (Å²) in [5.74, 6) is 0.531. The van der Waals surface area contributed by atoms with Crippen LogP contribution in [0.15, 0.2) is 12.4 Å². The lowest BCUT2D eigenvalue weighted by atomic mass is 9.74. The normalized spacial score (nSPS) is 30.2. The summed E-state index contributed by atoms with van der Waals surface area (Å²) in [4.78, 5) is 24.9. The topological polar surface area (TPSA) is 79.8 Å². The van der Waals surface area contributed by atoms with Crippen LogP contribution in [0.25, 0.3) is 0 Å². The zero-order valence-corrected chi connectivity index (χ0v) is 20.7. The number of rotatable bonds is 6. The van der Waals surface area contributed by atoms with Crippen LogP contribution in [0.5, 0.6) is 0 Å². The molecule has 3 heterocycles. The third-order valence-corrected chi connectivity index (χ3v) is 7.94. The molecule has 3 fully saturated rings. The molecule has 35 heavy (non-hydrogen) atoms. The number of amides is 1. The van der Waals surface area contributed by atoms with Crippen LogP contribution in [0, 0.1) is 11.3 Å². The predicted octanol–water partition coefficient (Wildman–Crippen LogP) is 2.73. The number of ether oxygens (including phenoxy) is 2. The molecule has 1 N–H and O–H groups in total. The highest BCUT2D eigenvalue weighted by Gasteiger charge is 2.50. The molecule has 2 aliphatic heterocycles. The number of alkyl halides is 3. The van der Waals surface area contributed by atoms with E-state index in [1.807, 2.05) is 4.90 Å². The molecule has 1 aromatic heterocycles. The molecule has 3 aliphatic rings. The van der Waals surface area contributed by atoms with Crippen LogP contribution in [0.3, 0.4) is 0 Å². The van der Waals surface area contributed by atoms with Crippen molar-refractivity contribution < 1.29 is 27.4 Å². The molecule has 196 valence electrons.